The van der Waals surface area contributed by atoms with E-state index in [0.717, 1.165) is 22.8 Å². The molecule has 0 aliphatic rings. The Hall–Kier alpha value is -3.87. The van der Waals surface area contributed by atoms with Crippen LogP contribution in [0.25, 0.3) is 10.8 Å². The summed E-state index contributed by atoms with van der Waals surface area (Å²) in [6.07, 6.45) is 1.33. The summed E-state index contributed by atoms with van der Waals surface area (Å²) >= 11 is 0. The van der Waals surface area contributed by atoms with Crippen molar-refractivity contribution in [3.05, 3.63) is 77.9 Å². The number of nitrogens with zero attached hydrogens (tertiary/aromatic N) is 1. The predicted molar refractivity (Wildman–Crippen MR) is 179 cm³/mol. The molecule has 44 heavy (non-hydrogen) atoms. The van der Waals surface area contributed by atoms with E-state index in [1.54, 1.807) is 25.7 Å². The first kappa shape index (κ1) is 34.6. The van der Waals surface area contributed by atoms with Gasteiger partial charge in [0, 0.05) is 11.7 Å². The van der Waals surface area contributed by atoms with E-state index >= 15 is 0 Å². The molecular formula is C37H51N3O4. The molecule has 2 N–H and O–H groups in total. The number of alkyl carbamates (subject to hydrolysis) is 1. The quantitative estimate of drug-likeness (QED) is 0.218. The molecule has 0 spiro atoms. The van der Waals surface area contributed by atoms with Crippen molar-refractivity contribution in [1.29, 1.82) is 0 Å². The van der Waals surface area contributed by atoms with Gasteiger partial charge in [-0.25, -0.2) is 4.79 Å². The molecule has 3 atom stereocenters. The van der Waals surface area contributed by atoms with Gasteiger partial charge in [0.2, 0.25) is 5.91 Å². The van der Waals surface area contributed by atoms with Crippen LogP contribution in [-0.4, -0.2) is 40.5 Å². The molecule has 0 aliphatic heterocycles. The highest BCUT2D eigenvalue weighted by molar-refractivity contribution is 6.00. The van der Waals surface area contributed by atoms with Crippen LogP contribution in [0.1, 0.15) is 91.8 Å². The van der Waals surface area contributed by atoms with Gasteiger partial charge in [0.1, 0.15) is 17.7 Å². The number of aryl methyl sites for hydroxylation is 1. The summed E-state index contributed by atoms with van der Waals surface area (Å²) in [5.41, 5.74) is 1.69. The van der Waals surface area contributed by atoms with Crippen molar-refractivity contribution in [2.75, 3.05) is 5.32 Å². The number of amides is 3. The molecule has 0 aromatic heterocycles. The zero-order valence-electron chi connectivity index (χ0n) is 27.9. The SMILES string of the molecule is Cc1ccc(C(C(=O)Nc2ccc3ccccc3c2)N(C(=O)C(CC(C)C)NC(=O)OC(C)(C)C)C(C)CCC(C)C)cc1. The fourth-order valence-corrected chi connectivity index (χ4v) is 5.30. The third kappa shape index (κ3) is 10.1. The zero-order chi connectivity index (χ0) is 32.6. The maximum atomic E-state index is 14.7. The number of ether oxygens (including phenoxy) is 1. The van der Waals surface area contributed by atoms with Crippen LogP contribution in [0.5, 0.6) is 0 Å². The van der Waals surface area contributed by atoms with Crippen LogP contribution < -0.4 is 10.6 Å². The van der Waals surface area contributed by atoms with E-state index in [9.17, 15) is 14.4 Å². The average molecular weight is 602 g/mol. The van der Waals surface area contributed by atoms with E-state index < -0.39 is 23.8 Å². The standard InChI is InChI=1S/C37H51N3O4/c1-24(2)14-17-27(6)40(35(42)32(22-25(3)4)39-36(43)44-37(7,8)9)33(29-18-15-26(5)16-19-29)34(41)38-31-21-20-28-12-10-11-13-30(28)23-31/h10-13,15-16,18-21,23-25,27,32-33H,14,17,22H2,1-9H3,(H,38,41)(H,39,43). The fourth-order valence-electron chi connectivity index (χ4n) is 5.30. The minimum absolute atomic E-state index is 0.107. The molecule has 7 heteroatoms. The van der Waals surface area contributed by atoms with Crippen molar-refractivity contribution in [3.63, 3.8) is 0 Å². The molecule has 0 saturated carbocycles. The maximum Gasteiger partial charge on any atom is 0.408 e. The van der Waals surface area contributed by atoms with Crippen molar-refractivity contribution in [2.45, 2.75) is 105 Å². The summed E-state index contributed by atoms with van der Waals surface area (Å²) < 4.78 is 5.54. The molecule has 0 bridgehead atoms. The number of nitrogens with one attached hydrogen (secondary N) is 2. The minimum atomic E-state index is -0.924. The Morgan fingerprint density at radius 1 is 0.818 bits per heavy atom. The molecule has 0 fully saturated rings. The minimum Gasteiger partial charge on any atom is -0.444 e. The van der Waals surface area contributed by atoms with E-state index in [1.165, 1.54) is 0 Å². The van der Waals surface area contributed by atoms with Crippen LogP contribution in [0.2, 0.25) is 0 Å². The second-order valence-corrected chi connectivity index (χ2v) is 13.8. The molecule has 3 amide bonds. The molecule has 3 aromatic carbocycles. The Balaban J connectivity index is 2.09. The monoisotopic (exact) mass is 601 g/mol. The first-order valence-electron chi connectivity index (χ1n) is 15.8. The average Bonchev–Trinajstić information content (AvgIpc) is 2.93. The molecule has 0 aliphatic carbocycles. The molecular weight excluding hydrogens is 550 g/mol. The van der Waals surface area contributed by atoms with Crippen LogP contribution in [0, 0.1) is 18.8 Å². The summed E-state index contributed by atoms with van der Waals surface area (Å²) in [6, 6.07) is 19.4. The fraction of sp³-hybridized carbons (Fsp3) is 0.486. The van der Waals surface area contributed by atoms with Gasteiger partial charge >= 0.3 is 6.09 Å². The first-order valence-corrected chi connectivity index (χ1v) is 15.8. The third-order valence-electron chi connectivity index (χ3n) is 7.52. The van der Waals surface area contributed by atoms with Crippen molar-refractivity contribution in [2.24, 2.45) is 11.8 Å². The lowest BCUT2D eigenvalue weighted by molar-refractivity contribution is -0.144. The number of carbonyl (C=O) groups excluding carboxylic acids is 3. The molecule has 3 aromatic rings. The number of rotatable bonds is 12. The van der Waals surface area contributed by atoms with Gasteiger partial charge in [-0.05, 0) is 94.2 Å². The van der Waals surface area contributed by atoms with E-state index in [4.69, 9.17) is 4.74 Å². The lowest BCUT2D eigenvalue weighted by Gasteiger charge is -2.39. The normalized spacial score (nSPS) is 13.8. The molecule has 3 rings (SSSR count). The van der Waals surface area contributed by atoms with Gasteiger partial charge in [0.05, 0.1) is 0 Å². The van der Waals surface area contributed by atoms with Gasteiger partial charge in [-0.2, -0.15) is 0 Å². The van der Waals surface area contributed by atoms with Gasteiger partial charge in [-0.3, -0.25) is 9.59 Å². The molecule has 0 heterocycles. The largest absolute Gasteiger partial charge is 0.444 e. The summed E-state index contributed by atoms with van der Waals surface area (Å²) in [4.78, 5) is 43.6. The first-order chi connectivity index (χ1) is 20.6. The molecule has 238 valence electrons. The Bertz CT molecular complexity index is 1410. The number of carbonyl (C=O) groups is 3. The van der Waals surface area contributed by atoms with Crippen LogP contribution in [-0.2, 0) is 14.3 Å². The van der Waals surface area contributed by atoms with Crippen LogP contribution in [0.3, 0.4) is 0 Å². The zero-order valence-corrected chi connectivity index (χ0v) is 27.9. The van der Waals surface area contributed by atoms with Crippen LogP contribution in [0.4, 0.5) is 10.5 Å². The second kappa shape index (κ2) is 15.2. The van der Waals surface area contributed by atoms with Gasteiger partial charge in [0.15, 0.2) is 0 Å². The summed E-state index contributed by atoms with van der Waals surface area (Å²) in [5, 5.41) is 8.04. The summed E-state index contributed by atoms with van der Waals surface area (Å²) in [7, 11) is 0. The van der Waals surface area contributed by atoms with Crippen molar-refractivity contribution in [1.82, 2.24) is 10.2 Å². The summed E-state index contributed by atoms with van der Waals surface area (Å²) in [6.45, 7) is 17.7. The predicted octanol–water partition coefficient (Wildman–Crippen LogP) is 8.42. The second-order valence-electron chi connectivity index (χ2n) is 13.8. The topological polar surface area (TPSA) is 87.7 Å². The molecule has 3 unspecified atom stereocenters. The van der Waals surface area contributed by atoms with Gasteiger partial charge in [-0.1, -0.05) is 87.9 Å². The van der Waals surface area contributed by atoms with Crippen molar-refractivity contribution in [3.8, 4) is 0 Å². The third-order valence-corrected chi connectivity index (χ3v) is 7.52. The van der Waals surface area contributed by atoms with E-state index in [1.807, 2.05) is 94.4 Å². The lowest BCUT2D eigenvalue weighted by Crippen LogP contribution is -2.55. The van der Waals surface area contributed by atoms with Gasteiger partial charge in [-0.15, -0.1) is 0 Å². The molecule has 0 saturated heterocycles. The highest BCUT2D eigenvalue weighted by Crippen LogP contribution is 2.30. The van der Waals surface area contributed by atoms with Crippen LogP contribution in [0.15, 0.2) is 66.7 Å². The van der Waals surface area contributed by atoms with Crippen LogP contribution >= 0.6 is 0 Å². The highest BCUT2D eigenvalue weighted by atomic mass is 16.6. The number of anilines is 1. The van der Waals surface area contributed by atoms with Gasteiger partial charge in [0.25, 0.3) is 5.91 Å². The number of hydrogen-bond donors (Lipinski definition) is 2. The van der Waals surface area contributed by atoms with Gasteiger partial charge < -0.3 is 20.3 Å². The summed E-state index contributed by atoms with van der Waals surface area (Å²) in [5.74, 6) is -0.0875. The Morgan fingerprint density at radius 3 is 2.05 bits per heavy atom. The molecule has 7 nitrogen and oxygen atoms in total. The maximum absolute atomic E-state index is 14.7. The Morgan fingerprint density at radius 2 is 1.45 bits per heavy atom. The smallest absolute Gasteiger partial charge is 0.408 e. The van der Waals surface area contributed by atoms with E-state index in [0.29, 0.717) is 30.0 Å². The molecule has 0 radical (unpaired) electrons. The van der Waals surface area contributed by atoms with Crippen molar-refractivity contribution < 1.29 is 19.1 Å². The van der Waals surface area contributed by atoms with E-state index in [2.05, 4.69) is 24.5 Å². The van der Waals surface area contributed by atoms with Crippen molar-refractivity contribution >= 4 is 34.4 Å². The Labute approximate surface area is 263 Å². The lowest BCUT2D eigenvalue weighted by atomic mass is 9.95. The van der Waals surface area contributed by atoms with E-state index in [-0.39, 0.29) is 23.8 Å². The number of hydrogen-bond acceptors (Lipinski definition) is 4. The number of benzene rings is 3. The number of fused-ring (bicyclic) bond motifs is 1. The Kier molecular flexibility index (Phi) is 12.0. The highest BCUT2D eigenvalue weighted by Gasteiger charge is 2.39.